The van der Waals surface area contributed by atoms with Gasteiger partial charge in [0.15, 0.2) is 0 Å². The molecule has 0 bridgehead atoms. The third-order valence-corrected chi connectivity index (χ3v) is 2.28. The van der Waals surface area contributed by atoms with Crippen LogP contribution in [0.25, 0.3) is 0 Å². The van der Waals surface area contributed by atoms with Crippen molar-refractivity contribution in [2.45, 2.75) is 39.3 Å². The third kappa shape index (κ3) is 3.74. The molecule has 0 saturated heterocycles. The Kier molecular flexibility index (Phi) is 5.15. The second-order valence-electron chi connectivity index (χ2n) is 3.43. The average molecular weight is 203 g/mol. The molecule has 82 valence electrons. The first-order valence-corrected chi connectivity index (χ1v) is 4.61. The van der Waals surface area contributed by atoms with E-state index in [-0.39, 0.29) is 5.92 Å². The van der Waals surface area contributed by atoms with Crippen molar-refractivity contribution in [3.8, 4) is 0 Å². The first-order valence-electron chi connectivity index (χ1n) is 4.61. The number of carboxylic acids is 2. The van der Waals surface area contributed by atoms with Crippen LogP contribution in [0, 0.1) is 5.92 Å². The fraction of sp³-hybridized carbons (Fsp3) is 0.778. The van der Waals surface area contributed by atoms with Gasteiger partial charge in [0, 0.05) is 0 Å². The summed E-state index contributed by atoms with van der Waals surface area (Å²) in [4.78, 5) is 21.3. The van der Waals surface area contributed by atoms with Gasteiger partial charge in [-0.25, -0.2) is 0 Å². The van der Waals surface area contributed by atoms with E-state index in [9.17, 15) is 9.59 Å². The van der Waals surface area contributed by atoms with E-state index in [0.29, 0.717) is 6.42 Å². The van der Waals surface area contributed by atoms with E-state index in [1.54, 1.807) is 6.92 Å². The van der Waals surface area contributed by atoms with E-state index in [4.69, 9.17) is 10.2 Å². The van der Waals surface area contributed by atoms with Crippen LogP contribution in [0.2, 0.25) is 0 Å². The van der Waals surface area contributed by atoms with Gasteiger partial charge in [0.05, 0.1) is 0 Å². The molecular formula is C9H17NO4. The van der Waals surface area contributed by atoms with Crippen LogP contribution in [0.3, 0.4) is 0 Å². The van der Waals surface area contributed by atoms with Gasteiger partial charge in [-0.3, -0.25) is 14.9 Å². The summed E-state index contributed by atoms with van der Waals surface area (Å²) >= 11 is 0. The van der Waals surface area contributed by atoms with Crippen LogP contribution in [0.15, 0.2) is 0 Å². The van der Waals surface area contributed by atoms with Crippen LogP contribution in [0.1, 0.15) is 27.2 Å². The van der Waals surface area contributed by atoms with Crippen molar-refractivity contribution >= 4 is 11.9 Å². The molecule has 0 aromatic carbocycles. The Morgan fingerprint density at radius 1 is 1.21 bits per heavy atom. The molecule has 0 aromatic rings. The third-order valence-electron chi connectivity index (χ3n) is 2.28. The van der Waals surface area contributed by atoms with Crippen molar-refractivity contribution in [2.75, 3.05) is 0 Å². The van der Waals surface area contributed by atoms with Crippen molar-refractivity contribution in [2.24, 2.45) is 5.92 Å². The number of hydrogen-bond donors (Lipinski definition) is 3. The molecule has 0 amide bonds. The molecule has 0 aliphatic carbocycles. The molecule has 14 heavy (non-hydrogen) atoms. The molecule has 0 aliphatic rings. The summed E-state index contributed by atoms with van der Waals surface area (Å²) < 4.78 is 0. The van der Waals surface area contributed by atoms with Crippen LogP contribution in [0.4, 0.5) is 0 Å². The Labute approximate surface area is 83.1 Å². The second-order valence-corrected chi connectivity index (χ2v) is 3.43. The number of nitrogens with one attached hydrogen (secondary N) is 1. The van der Waals surface area contributed by atoms with Gasteiger partial charge < -0.3 is 10.2 Å². The normalized spacial score (nSPS) is 17.1. The van der Waals surface area contributed by atoms with Gasteiger partial charge >= 0.3 is 11.9 Å². The lowest BCUT2D eigenvalue weighted by Crippen LogP contribution is -2.48. The van der Waals surface area contributed by atoms with Crippen LogP contribution < -0.4 is 5.32 Å². The predicted octanol–water partition coefficient (Wildman–Crippen LogP) is 0.548. The number of carbonyl (C=O) groups is 2. The summed E-state index contributed by atoms with van der Waals surface area (Å²) in [5, 5.41) is 20.0. The highest BCUT2D eigenvalue weighted by Crippen LogP contribution is 2.08. The van der Waals surface area contributed by atoms with Gasteiger partial charge in [-0.05, 0) is 12.8 Å². The highest BCUT2D eigenvalue weighted by Gasteiger charge is 2.26. The maximum Gasteiger partial charge on any atom is 0.320 e. The molecule has 0 heterocycles. The smallest absolute Gasteiger partial charge is 0.320 e. The quantitative estimate of drug-likeness (QED) is 0.586. The molecule has 0 radical (unpaired) electrons. The highest BCUT2D eigenvalue weighted by molar-refractivity contribution is 5.77. The maximum absolute atomic E-state index is 10.8. The zero-order chi connectivity index (χ0) is 11.3. The Morgan fingerprint density at radius 3 is 2.00 bits per heavy atom. The number of aliphatic carboxylic acids is 2. The van der Waals surface area contributed by atoms with Gasteiger partial charge in [-0.15, -0.1) is 0 Å². The molecule has 3 unspecified atom stereocenters. The molecule has 0 rings (SSSR count). The largest absolute Gasteiger partial charge is 0.480 e. The van der Waals surface area contributed by atoms with Crippen molar-refractivity contribution in [3.05, 3.63) is 0 Å². The first-order chi connectivity index (χ1) is 6.40. The van der Waals surface area contributed by atoms with Crippen molar-refractivity contribution in [3.63, 3.8) is 0 Å². The summed E-state index contributed by atoms with van der Waals surface area (Å²) in [5.74, 6) is -2.14. The zero-order valence-electron chi connectivity index (χ0n) is 8.65. The van der Waals surface area contributed by atoms with E-state index < -0.39 is 24.0 Å². The summed E-state index contributed by atoms with van der Waals surface area (Å²) in [6, 6.07) is -1.64. The molecule has 0 fully saturated rings. The average Bonchev–Trinajstić information content (AvgIpc) is 2.11. The van der Waals surface area contributed by atoms with E-state index in [2.05, 4.69) is 5.32 Å². The second kappa shape index (κ2) is 5.59. The lowest BCUT2D eigenvalue weighted by atomic mass is 9.98. The standard InChI is InChI=1S/C9H17NO4/c1-4-5(2)7(9(13)14)10-6(3)8(11)12/h5-7,10H,4H2,1-3H3,(H,11,12)(H,13,14). The van der Waals surface area contributed by atoms with E-state index in [0.717, 1.165) is 0 Å². The van der Waals surface area contributed by atoms with Gasteiger partial charge in [-0.2, -0.15) is 0 Å². The number of rotatable bonds is 6. The minimum Gasteiger partial charge on any atom is -0.480 e. The monoisotopic (exact) mass is 203 g/mol. The summed E-state index contributed by atoms with van der Waals surface area (Å²) in [6.07, 6.45) is 0.691. The lowest BCUT2D eigenvalue weighted by molar-refractivity contribution is -0.143. The SMILES string of the molecule is CCC(C)C(NC(C)C(=O)O)C(=O)O. The van der Waals surface area contributed by atoms with Crippen molar-refractivity contribution < 1.29 is 19.8 Å². The molecule has 3 atom stereocenters. The van der Waals surface area contributed by atoms with Gasteiger partial charge in [0.1, 0.15) is 12.1 Å². The molecule has 0 spiro atoms. The summed E-state index contributed by atoms with van der Waals surface area (Å²) in [6.45, 7) is 5.08. The van der Waals surface area contributed by atoms with Gasteiger partial charge in [0.25, 0.3) is 0 Å². The molecular weight excluding hydrogens is 186 g/mol. The summed E-state index contributed by atoms with van der Waals surface area (Å²) in [7, 11) is 0. The van der Waals surface area contributed by atoms with Crippen LogP contribution in [-0.4, -0.2) is 34.2 Å². The van der Waals surface area contributed by atoms with E-state index >= 15 is 0 Å². The molecule has 3 N–H and O–H groups in total. The fourth-order valence-electron chi connectivity index (χ4n) is 1.06. The highest BCUT2D eigenvalue weighted by atomic mass is 16.4. The fourth-order valence-corrected chi connectivity index (χ4v) is 1.06. The maximum atomic E-state index is 10.8. The number of hydrogen-bond acceptors (Lipinski definition) is 3. The Morgan fingerprint density at radius 2 is 1.71 bits per heavy atom. The lowest BCUT2D eigenvalue weighted by Gasteiger charge is -2.22. The van der Waals surface area contributed by atoms with Crippen LogP contribution in [0.5, 0.6) is 0 Å². The minimum absolute atomic E-state index is 0.0886. The van der Waals surface area contributed by atoms with Crippen LogP contribution >= 0.6 is 0 Å². The molecule has 5 nitrogen and oxygen atoms in total. The number of carboxylic acid groups (broad SMARTS) is 2. The zero-order valence-corrected chi connectivity index (χ0v) is 8.65. The minimum atomic E-state index is -1.04. The first kappa shape index (κ1) is 12.9. The van der Waals surface area contributed by atoms with Crippen LogP contribution in [-0.2, 0) is 9.59 Å². The molecule has 5 heteroatoms. The molecule has 0 aliphatic heterocycles. The topological polar surface area (TPSA) is 86.6 Å². The molecule has 0 aromatic heterocycles. The van der Waals surface area contributed by atoms with Crippen molar-refractivity contribution in [1.29, 1.82) is 0 Å². The van der Waals surface area contributed by atoms with E-state index in [1.807, 2.05) is 6.92 Å². The Balaban J connectivity index is 4.38. The van der Waals surface area contributed by atoms with Gasteiger partial charge in [-0.1, -0.05) is 20.3 Å². The molecule has 0 saturated carbocycles. The Bertz CT molecular complexity index is 217. The van der Waals surface area contributed by atoms with Gasteiger partial charge in [0.2, 0.25) is 0 Å². The van der Waals surface area contributed by atoms with E-state index in [1.165, 1.54) is 6.92 Å². The predicted molar refractivity (Wildman–Crippen MR) is 51.1 cm³/mol. The Hall–Kier alpha value is -1.10. The van der Waals surface area contributed by atoms with Crippen molar-refractivity contribution in [1.82, 2.24) is 5.32 Å². The summed E-state index contributed by atoms with van der Waals surface area (Å²) in [5.41, 5.74) is 0.